The van der Waals surface area contributed by atoms with Gasteiger partial charge in [-0.2, -0.15) is 4.31 Å². The van der Waals surface area contributed by atoms with Crippen molar-refractivity contribution in [2.45, 2.75) is 76.2 Å². The molecule has 1 unspecified atom stereocenters. The van der Waals surface area contributed by atoms with Gasteiger partial charge in [0.2, 0.25) is 15.9 Å². The molecule has 3 aliphatic heterocycles. The summed E-state index contributed by atoms with van der Waals surface area (Å²) in [7, 11) is -2.10. The van der Waals surface area contributed by atoms with E-state index in [1.54, 1.807) is 23.5 Å². The first-order valence-electron chi connectivity index (χ1n) is 14.0. The first-order valence-corrected chi connectivity index (χ1v) is 15.5. The highest BCUT2D eigenvalue weighted by Crippen LogP contribution is 2.32. The van der Waals surface area contributed by atoms with Crippen LogP contribution in [0.3, 0.4) is 0 Å². The van der Waals surface area contributed by atoms with Gasteiger partial charge in [-0.15, -0.1) is 0 Å². The Bertz CT molecular complexity index is 994. The van der Waals surface area contributed by atoms with Crippen LogP contribution in [0, 0.1) is 19.8 Å². The molecule has 1 amide bonds. The molecule has 9 heteroatoms. The second-order valence-electron chi connectivity index (χ2n) is 11.0. The van der Waals surface area contributed by atoms with Crippen LogP contribution < -0.4 is 4.74 Å². The van der Waals surface area contributed by atoms with Gasteiger partial charge in [-0.25, -0.2) is 8.42 Å². The van der Waals surface area contributed by atoms with Gasteiger partial charge in [0.05, 0.1) is 18.6 Å². The number of hydrogen-bond acceptors (Lipinski definition) is 6. The molecule has 4 rings (SSSR count). The maximum absolute atomic E-state index is 13.7. The number of likely N-dealkylation sites (tertiary alicyclic amines) is 2. The molecule has 3 fully saturated rings. The molecule has 3 aliphatic rings. The Morgan fingerprint density at radius 2 is 1.59 bits per heavy atom. The Kier molecular flexibility index (Phi) is 9.89. The summed E-state index contributed by atoms with van der Waals surface area (Å²) in [6.45, 7) is 9.63. The van der Waals surface area contributed by atoms with Crippen LogP contribution >= 0.6 is 0 Å². The van der Waals surface area contributed by atoms with Crippen molar-refractivity contribution >= 4 is 15.9 Å². The van der Waals surface area contributed by atoms with Crippen molar-refractivity contribution in [3.8, 4) is 5.75 Å². The van der Waals surface area contributed by atoms with E-state index in [-0.39, 0.29) is 25.2 Å². The molecule has 208 valence electrons. The van der Waals surface area contributed by atoms with Gasteiger partial charge in [0.25, 0.3) is 0 Å². The highest BCUT2D eigenvalue weighted by Gasteiger charge is 2.36. The summed E-state index contributed by atoms with van der Waals surface area (Å²) < 4.78 is 40.2. The zero-order valence-corrected chi connectivity index (χ0v) is 23.7. The van der Waals surface area contributed by atoms with Crippen LogP contribution in [-0.2, 0) is 19.6 Å². The smallest absolute Gasteiger partial charge is 0.248 e. The minimum Gasteiger partial charge on any atom is -0.497 e. The van der Waals surface area contributed by atoms with Crippen molar-refractivity contribution < 1.29 is 22.7 Å². The van der Waals surface area contributed by atoms with E-state index < -0.39 is 10.0 Å². The normalized spacial score (nSPS) is 22.5. The van der Waals surface area contributed by atoms with Gasteiger partial charge >= 0.3 is 0 Å². The van der Waals surface area contributed by atoms with Crippen molar-refractivity contribution in [1.29, 1.82) is 0 Å². The third-order valence-electron chi connectivity index (χ3n) is 8.36. The summed E-state index contributed by atoms with van der Waals surface area (Å²) in [4.78, 5) is 17.7. The molecule has 3 saturated heterocycles. The van der Waals surface area contributed by atoms with E-state index in [0.29, 0.717) is 34.2 Å². The molecule has 1 aromatic carbocycles. The topological polar surface area (TPSA) is 79.4 Å². The highest BCUT2D eigenvalue weighted by molar-refractivity contribution is 7.89. The molecule has 0 radical (unpaired) electrons. The standard InChI is InChI=1S/C28H45N3O5S/c1-22-18-26(35-3)19-23(2)28(22)37(33,34)31-14-5-4-8-25(31)20-36-21-27(32)30-16-10-24(11-17-30)9-15-29-12-6-7-13-29/h18-19,24-25H,4-17,20-21H2,1-3H3. The van der Waals surface area contributed by atoms with Crippen LogP contribution in [0.25, 0.3) is 0 Å². The molecule has 0 N–H and O–H groups in total. The molecule has 37 heavy (non-hydrogen) atoms. The van der Waals surface area contributed by atoms with Crippen LogP contribution in [0.2, 0.25) is 0 Å². The van der Waals surface area contributed by atoms with Gasteiger partial charge in [0.15, 0.2) is 0 Å². The molecule has 1 atom stereocenters. The first kappa shape index (κ1) is 28.3. The summed E-state index contributed by atoms with van der Waals surface area (Å²) in [5.74, 6) is 1.38. The quantitative estimate of drug-likeness (QED) is 0.456. The second-order valence-corrected chi connectivity index (χ2v) is 12.9. The maximum atomic E-state index is 13.7. The van der Waals surface area contributed by atoms with Gasteiger partial charge in [-0.05, 0) is 108 Å². The first-order chi connectivity index (χ1) is 17.8. The fourth-order valence-electron chi connectivity index (χ4n) is 6.23. The van der Waals surface area contributed by atoms with E-state index in [9.17, 15) is 13.2 Å². The number of carbonyl (C=O) groups is 1. The molecule has 0 saturated carbocycles. The number of hydrogen-bond donors (Lipinski definition) is 0. The largest absolute Gasteiger partial charge is 0.497 e. The fraction of sp³-hybridized carbons (Fsp3) is 0.750. The molecular weight excluding hydrogens is 490 g/mol. The van der Waals surface area contributed by atoms with Crippen molar-refractivity contribution in [3.63, 3.8) is 0 Å². The molecule has 3 heterocycles. The van der Waals surface area contributed by atoms with E-state index in [1.165, 1.54) is 38.9 Å². The summed E-state index contributed by atoms with van der Waals surface area (Å²) in [5, 5.41) is 0. The van der Waals surface area contributed by atoms with Crippen molar-refractivity contribution in [1.82, 2.24) is 14.1 Å². The molecule has 1 aromatic rings. The van der Waals surface area contributed by atoms with E-state index in [2.05, 4.69) is 4.90 Å². The number of amides is 1. The number of methoxy groups -OCH3 is 1. The Labute approximate surface area is 223 Å². The number of sulfonamides is 1. The molecule has 0 aromatic heterocycles. The van der Waals surface area contributed by atoms with Crippen LogP contribution in [0.1, 0.15) is 62.5 Å². The van der Waals surface area contributed by atoms with Crippen molar-refractivity contribution in [3.05, 3.63) is 23.3 Å². The SMILES string of the molecule is COc1cc(C)c(S(=O)(=O)N2CCCCC2COCC(=O)N2CCC(CCN3CCCC3)CC2)c(C)c1. The summed E-state index contributed by atoms with van der Waals surface area (Å²) in [6, 6.07) is 3.27. The Hall–Kier alpha value is -1.68. The van der Waals surface area contributed by atoms with Gasteiger partial charge in [0.1, 0.15) is 12.4 Å². The number of ether oxygens (including phenoxy) is 2. The lowest BCUT2D eigenvalue weighted by atomic mass is 9.93. The molecule has 0 aliphatic carbocycles. The van der Waals surface area contributed by atoms with Crippen LogP contribution in [-0.4, -0.2) is 94.1 Å². The molecule has 0 bridgehead atoms. The van der Waals surface area contributed by atoms with E-state index in [0.717, 1.165) is 45.2 Å². The van der Waals surface area contributed by atoms with E-state index >= 15 is 0 Å². The number of carbonyl (C=O) groups excluding carboxylic acids is 1. The zero-order chi connectivity index (χ0) is 26.4. The minimum absolute atomic E-state index is 0.0173. The van der Waals surface area contributed by atoms with Gasteiger partial charge < -0.3 is 19.3 Å². The fourth-order valence-corrected chi connectivity index (χ4v) is 8.32. The second kappa shape index (κ2) is 12.9. The van der Waals surface area contributed by atoms with E-state index in [1.807, 2.05) is 18.7 Å². The van der Waals surface area contributed by atoms with Gasteiger partial charge in [0, 0.05) is 25.7 Å². The van der Waals surface area contributed by atoms with Gasteiger partial charge in [-0.3, -0.25) is 4.79 Å². The lowest BCUT2D eigenvalue weighted by Gasteiger charge is -2.35. The number of nitrogens with zero attached hydrogens (tertiary/aromatic N) is 3. The van der Waals surface area contributed by atoms with E-state index in [4.69, 9.17) is 9.47 Å². The highest BCUT2D eigenvalue weighted by atomic mass is 32.2. The third-order valence-corrected chi connectivity index (χ3v) is 10.6. The predicted molar refractivity (Wildman–Crippen MR) is 144 cm³/mol. The third kappa shape index (κ3) is 7.05. The Balaban J connectivity index is 1.27. The lowest BCUT2D eigenvalue weighted by molar-refractivity contribution is -0.138. The Morgan fingerprint density at radius 1 is 0.946 bits per heavy atom. The lowest BCUT2D eigenvalue weighted by Crippen LogP contribution is -2.47. The average molecular weight is 536 g/mol. The predicted octanol–water partition coefficient (Wildman–Crippen LogP) is 3.60. The van der Waals surface area contributed by atoms with Crippen LogP contribution in [0.4, 0.5) is 0 Å². The minimum atomic E-state index is -3.69. The molecule has 0 spiro atoms. The van der Waals surface area contributed by atoms with Gasteiger partial charge in [-0.1, -0.05) is 6.42 Å². The summed E-state index contributed by atoms with van der Waals surface area (Å²) >= 11 is 0. The number of rotatable bonds is 10. The number of benzene rings is 1. The number of piperidine rings is 2. The van der Waals surface area contributed by atoms with Crippen LogP contribution in [0.5, 0.6) is 5.75 Å². The van der Waals surface area contributed by atoms with Crippen molar-refractivity contribution in [2.75, 3.05) is 59.6 Å². The van der Waals surface area contributed by atoms with Crippen molar-refractivity contribution in [2.24, 2.45) is 5.92 Å². The molecule has 8 nitrogen and oxygen atoms in total. The molecular formula is C28H45N3O5S. The van der Waals surface area contributed by atoms with Crippen LogP contribution in [0.15, 0.2) is 17.0 Å². The average Bonchev–Trinajstić information content (AvgIpc) is 3.41. The Morgan fingerprint density at radius 3 is 2.24 bits per heavy atom. The summed E-state index contributed by atoms with van der Waals surface area (Å²) in [5.41, 5.74) is 1.36. The summed E-state index contributed by atoms with van der Waals surface area (Å²) in [6.07, 6.45) is 8.55. The zero-order valence-electron chi connectivity index (χ0n) is 22.9. The monoisotopic (exact) mass is 535 g/mol. The number of aryl methyl sites for hydroxylation is 2. The maximum Gasteiger partial charge on any atom is 0.248 e.